The average Bonchev–Trinajstić information content (AvgIpc) is 2.24. The van der Waals surface area contributed by atoms with E-state index in [2.05, 4.69) is 0 Å². The van der Waals surface area contributed by atoms with Crippen LogP contribution in [0.1, 0.15) is 23.6 Å². The molecule has 0 amide bonds. The molecule has 0 heterocycles. The van der Waals surface area contributed by atoms with E-state index in [1.54, 1.807) is 0 Å². The van der Waals surface area contributed by atoms with Crippen molar-refractivity contribution in [3.05, 3.63) is 28.8 Å². The molecule has 18 heavy (non-hydrogen) atoms. The average molecular weight is 298 g/mol. The van der Waals surface area contributed by atoms with Crippen LogP contribution in [-0.4, -0.2) is 8.42 Å². The van der Waals surface area contributed by atoms with Gasteiger partial charge >= 0.3 is 6.18 Å². The number of nitrogens with zero attached hydrogens (tertiary/aromatic N) is 1. The van der Waals surface area contributed by atoms with Gasteiger partial charge in [0.2, 0.25) is 0 Å². The minimum absolute atomic E-state index is 0.00782. The van der Waals surface area contributed by atoms with Crippen LogP contribution >= 0.6 is 10.7 Å². The van der Waals surface area contributed by atoms with Crippen molar-refractivity contribution in [2.24, 2.45) is 0 Å². The molecule has 98 valence electrons. The number of aryl methyl sites for hydroxylation is 1. The lowest BCUT2D eigenvalue weighted by atomic mass is 10.00. The van der Waals surface area contributed by atoms with Crippen molar-refractivity contribution in [1.82, 2.24) is 0 Å². The lowest BCUT2D eigenvalue weighted by Crippen LogP contribution is -2.11. The molecule has 0 aromatic heterocycles. The van der Waals surface area contributed by atoms with Crippen molar-refractivity contribution in [3.63, 3.8) is 0 Å². The van der Waals surface area contributed by atoms with Crippen molar-refractivity contribution in [2.45, 2.75) is 24.4 Å². The Labute approximate surface area is 106 Å². The SMILES string of the molecule is CCc1cc(S(=O)(=O)Cl)cc(C(F)(F)F)c1C#N. The van der Waals surface area contributed by atoms with Crippen LogP contribution < -0.4 is 0 Å². The fraction of sp³-hybridized carbons (Fsp3) is 0.300. The molecule has 0 atom stereocenters. The number of nitriles is 1. The summed E-state index contributed by atoms with van der Waals surface area (Å²) in [5, 5.41) is 8.75. The number of benzene rings is 1. The first kappa shape index (κ1) is 14.8. The Balaban J connectivity index is 3.74. The summed E-state index contributed by atoms with van der Waals surface area (Å²) >= 11 is 0. The summed E-state index contributed by atoms with van der Waals surface area (Å²) in [4.78, 5) is -0.660. The molecule has 0 fully saturated rings. The standard InChI is InChI=1S/C10H7ClF3NO2S/c1-2-6-3-7(18(11,16)17)4-9(8(6)5-15)10(12,13)14/h3-4H,2H2,1H3. The molecule has 0 N–H and O–H groups in total. The molecule has 1 rings (SSSR count). The van der Waals surface area contributed by atoms with Gasteiger partial charge in [-0.3, -0.25) is 0 Å². The maximum absolute atomic E-state index is 12.7. The van der Waals surface area contributed by atoms with Gasteiger partial charge in [-0.1, -0.05) is 6.92 Å². The molecule has 0 aliphatic heterocycles. The fourth-order valence-electron chi connectivity index (χ4n) is 1.45. The molecule has 0 saturated carbocycles. The van der Waals surface area contributed by atoms with Crippen molar-refractivity contribution in [2.75, 3.05) is 0 Å². The van der Waals surface area contributed by atoms with Crippen molar-refractivity contribution in [1.29, 1.82) is 5.26 Å². The van der Waals surface area contributed by atoms with Crippen LogP contribution in [0.2, 0.25) is 0 Å². The second-order valence-electron chi connectivity index (χ2n) is 3.41. The number of halogens is 4. The topological polar surface area (TPSA) is 57.9 Å². The van der Waals surface area contributed by atoms with Crippen LogP contribution in [0.3, 0.4) is 0 Å². The highest BCUT2D eigenvalue weighted by Gasteiger charge is 2.36. The fourth-order valence-corrected chi connectivity index (χ4v) is 2.26. The molecular formula is C10H7ClF3NO2S. The molecule has 0 aliphatic carbocycles. The third kappa shape index (κ3) is 2.94. The Kier molecular flexibility index (Phi) is 3.93. The Bertz CT molecular complexity index is 617. The zero-order valence-electron chi connectivity index (χ0n) is 9.05. The van der Waals surface area contributed by atoms with Gasteiger partial charge in [0, 0.05) is 10.7 Å². The highest BCUT2D eigenvalue weighted by Crippen LogP contribution is 2.35. The van der Waals surface area contributed by atoms with E-state index in [-0.39, 0.29) is 12.0 Å². The van der Waals surface area contributed by atoms with Gasteiger partial charge < -0.3 is 0 Å². The lowest BCUT2D eigenvalue weighted by Gasteiger charge is -2.13. The van der Waals surface area contributed by atoms with Crippen molar-refractivity contribution in [3.8, 4) is 6.07 Å². The third-order valence-corrected chi connectivity index (χ3v) is 3.61. The van der Waals surface area contributed by atoms with Crippen LogP contribution in [-0.2, 0) is 21.6 Å². The quantitative estimate of drug-likeness (QED) is 0.788. The maximum Gasteiger partial charge on any atom is 0.417 e. The summed E-state index contributed by atoms with van der Waals surface area (Å²) in [7, 11) is 0.747. The van der Waals surface area contributed by atoms with E-state index in [0.717, 1.165) is 6.07 Å². The summed E-state index contributed by atoms with van der Waals surface area (Å²) < 4.78 is 60.4. The van der Waals surface area contributed by atoms with E-state index in [0.29, 0.717) is 6.07 Å². The minimum atomic E-state index is -4.81. The van der Waals surface area contributed by atoms with E-state index in [9.17, 15) is 21.6 Å². The molecule has 1 aromatic rings. The monoisotopic (exact) mass is 297 g/mol. The largest absolute Gasteiger partial charge is 0.417 e. The summed E-state index contributed by atoms with van der Waals surface area (Å²) in [5.74, 6) is 0. The van der Waals surface area contributed by atoms with E-state index in [4.69, 9.17) is 15.9 Å². The van der Waals surface area contributed by atoms with Gasteiger partial charge in [-0.05, 0) is 24.1 Å². The van der Waals surface area contributed by atoms with Gasteiger partial charge in [0.05, 0.1) is 16.0 Å². The highest BCUT2D eigenvalue weighted by atomic mass is 35.7. The van der Waals surface area contributed by atoms with Crippen LogP contribution in [0.5, 0.6) is 0 Å². The first-order valence-electron chi connectivity index (χ1n) is 4.70. The van der Waals surface area contributed by atoms with Gasteiger partial charge in [-0.2, -0.15) is 18.4 Å². The Morgan fingerprint density at radius 2 is 1.94 bits per heavy atom. The zero-order valence-corrected chi connectivity index (χ0v) is 10.6. The first-order chi connectivity index (χ1) is 8.11. The van der Waals surface area contributed by atoms with Crippen molar-refractivity contribution < 1.29 is 21.6 Å². The number of alkyl halides is 3. The smallest absolute Gasteiger partial charge is 0.207 e. The van der Waals surface area contributed by atoms with Gasteiger partial charge in [0.25, 0.3) is 9.05 Å². The van der Waals surface area contributed by atoms with Gasteiger partial charge in [-0.25, -0.2) is 8.42 Å². The highest BCUT2D eigenvalue weighted by molar-refractivity contribution is 8.13. The summed E-state index contributed by atoms with van der Waals surface area (Å²) in [5.41, 5.74) is -1.87. The number of hydrogen-bond acceptors (Lipinski definition) is 3. The van der Waals surface area contributed by atoms with Crippen LogP contribution in [0.25, 0.3) is 0 Å². The number of rotatable bonds is 2. The minimum Gasteiger partial charge on any atom is -0.207 e. The van der Waals surface area contributed by atoms with E-state index < -0.39 is 31.2 Å². The second-order valence-corrected chi connectivity index (χ2v) is 5.97. The predicted molar refractivity (Wildman–Crippen MR) is 58.6 cm³/mol. The van der Waals surface area contributed by atoms with Crippen LogP contribution in [0.4, 0.5) is 13.2 Å². The summed E-state index contributed by atoms with van der Waals surface area (Å²) in [6.07, 6.45) is -4.72. The van der Waals surface area contributed by atoms with Crippen LogP contribution in [0, 0.1) is 11.3 Å². The molecule has 0 saturated heterocycles. The Morgan fingerprint density at radius 1 is 1.39 bits per heavy atom. The summed E-state index contributed by atoms with van der Waals surface area (Å²) in [6.45, 7) is 1.51. The predicted octanol–water partition coefficient (Wildman–Crippen LogP) is 3.07. The van der Waals surface area contributed by atoms with Crippen LogP contribution in [0.15, 0.2) is 17.0 Å². The third-order valence-electron chi connectivity index (χ3n) is 2.27. The molecule has 0 unspecified atom stereocenters. The van der Waals surface area contributed by atoms with Gasteiger partial charge in [0.1, 0.15) is 6.07 Å². The molecule has 0 radical (unpaired) electrons. The molecule has 0 aliphatic rings. The Hall–Kier alpha value is -1.26. The zero-order chi connectivity index (χ0) is 14.1. The molecule has 8 heteroatoms. The molecular weight excluding hydrogens is 291 g/mol. The van der Waals surface area contributed by atoms with Crippen molar-refractivity contribution >= 4 is 19.7 Å². The molecule has 3 nitrogen and oxygen atoms in total. The molecule has 0 bridgehead atoms. The summed E-state index contributed by atoms with van der Waals surface area (Å²) in [6, 6.07) is 2.80. The van der Waals surface area contributed by atoms with E-state index >= 15 is 0 Å². The van der Waals surface area contributed by atoms with Gasteiger partial charge in [-0.15, -0.1) is 0 Å². The number of hydrogen-bond donors (Lipinski definition) is 0. The Morgan fingerprint density at radius 3 is 2.28 bits per heavy atom. The molecule has 0 spiro atoms. The van der Waals surface area contributed by atoms with Gasteiger partial charge in [0.15, 0.2) is 0 Å². The van der Waals surface area contributed by atoms with E-state index in [1.165, 1.54) is 13.0 Å². The first-order valence-corrected chi connectivity index (χ1v) is 7.01. The molecule has 1 aromatic carbocycles. The maximum atomic E-state index is 12.7. The van der Waals surface area contributed by atoms with E-state index in [1.807, 2.05) is 0 Å². The lowest BCUT2D eigenvalue weighted by molar-refractivity contribution is -0.138. The normalized spacial score (nSPS) is 12.2. The second kappa shape index (κ2) is 4.78.